The predicted octanol–water partition coefficient (Wildman–Crippen LogP) is 3.54. The number of nitrogens with zero attached hydrogens (tertiary/aromatic N) is 4. The Morgan fingerprint density at radius 2 is 1.76 bits per heavy atom. The van der Waals surface area contributed by atoms with Crippen LogP contribution in [0.2, 0.25) is 0 Å². The zero-order chi connectivity index (χ0) is 35.7. The number of likely N-dealkylation sites (tertiary alicyclic amines) is 1. The first-order valence-corrected chi connectivity index (χ1v) is 17.6. The van der Waals surface area contributed by atoms with Crippen molar-refractivity contribution in [3.63, 3.8) is 0 Å². The maximum Gasteiger partial charge on any atom is 0.416 e. The lowest BCUT2D eigenvalue weighted by Gasteiger charge is -2.51. The van der Waals surface area contributed by atoms with Crippen LogP contribution < -0.4 is 15.4 Å². The number of ether oxygens (including phenoxy) is 3. The molecule has 276 valence electrons. The number of hydrogen-bond donors (Lipinski definition) is 2. The van der Waals surface area contributed by atoms with Gasteiger partial charge in [0.1, 0.15) is 35.5 Å². The Labute approximate surface area is 290 Å². The van der Waals surface area contributed by atoms with Gasteiger partial charge in [-0.15, -0.1) is 0 Å². The molecule has 4 aliphatic heterocycles. The Morgan fingerprint density at radius 3 is 2.35 bits per heavy atom. The van der Waals surface area contributed by atoms with Gasteiger partial charge in [0, 0.05) is 31.1 Å². The summed E-state index contributed by atoms with van der Waals surface area (Å²) in [6.45, 7) is 2.62. The van der Waals surface area contributed by atoms with Crippen LogP contribution in [0.1, 0.15) is 72.7 Å². The molecule has 17 heteroatoms. The van der Waals surface area contributed by atoms with E-state index in [9.17, 15) is 27.6 Å². The molecule has 2 unspecified atom stereocenters. The van der Waals surface area contributed by atoms with Gasteiger partial charge in [-0.05, 0) is 74.4 Å². The zero-order valence-corrected chi connectivity index (χ0v) is 28.0. The summed E-state index contributed by atoms with van der Waals surface area (Å²) in [5.74, 6) is -2.27. The summed E-state index contributed by atoms with van der Waals surface area (Å²) in [7, 11) is 0. The highest BCUT2D eigenvalue weighted by Gasteiger charge is 2.52. The highest BCUT2D eigenvalue weighted by molar-refractivity contribution is 6.01. The summed E-state index contributed by atoms with van der Waals surface area (Å²) in [5, 5.41) is 12.8. The van der Waals surface area contributed by atoms with Crippen molar-refractivity contribution in [2.24, 2.45) is 17.8 Å². The van der Waals surface area contributed by atoms with Crippen LogP contribution in [0.25, 0.3) is 0 Å². The number of aryl methyl sites for hydroxylation is 1. The Hall–Kier alpha value is -3.83. The van der Waals surface area contributed by atoms with E-state index in [2.05, 4.69) is 30.5 Å². The van der Waals surface area contributed by atoms with Crippen LogP contribution in [-0.4, -0.2) is 107 Å². The summed E-state index contributed by atoms with van der Waals surface area (Å²) in [6, 6.07) is 0.836. The fraction of sp³-hybridized carbons (Fsp3) is 0.676. The molecule has 51 heavy (non-hydrogen) atoms. The van der Waals surface area contributed by atoms with Crippen molar-refractivity contribution >= 4 is 23.4 Å². The molecule has 5 fully saturated rings. The number of benzene rings is 1. The highest BCUT2D eigenvalue weighted by Crippen LogP contribution is 2.52. The number of aromatic nitrogens is 2. The van der Waals surface area contributed by atoms with E-state index >= 15 is 4.39 Å². The van der Waals surface area contributed by atoms with Crippen molar-refractivity contribution in [1.82, 2.24) is 25.4 Å². The summed E-state index contributed by atoms with van der Waals surface area (Å²) >= 11 is 0. The molecule has 0 radical (unpaired) electrons. The van der Waals surface area contributed by atoms with Gasteiger partial charge in [0.15, 0.2) is 11.8 Å². The number of rotatable bonds is 9. The molecule has 5 heterocycles. The summed E-state index contributed by atoms with van der Waals surface area (Å²) < 4.78 is 79.1. The predicted molar refractivity (Wildman–Crippen MR) is 168 cm³/mol. The second-order valence-corrected chi connectivity index (χ2v) is 14.9. The third-order valence-electron chi connectivity index (χ3n) is 11.4. The first-order chi connectivity index (χ1) is 24.4. The average Bonchev–Trinajstić information content (AvgIpc) is 4.01. The minimum atomic E-state index is -4.70. The van der Waals surface area contributed by atoms with E-state index in [1.807, 2.05) is 0 Å². The molecule has 13 nitrogen and oxygen atoms in total. The maximum atomic E-state index is 16.1. The van der Waals surface area contributed by atoms with Gasteiger partial charge in [0.2, 0.25) is 11.8 Å². The van der Waals surface area contributed by atoms with Crippen molar-refractivity contribution < 1.29 is 50.8 Å². The van der Waals surface area contributed by atoms with Gasteiger partial charge in [0.25, 0.3) is 5.91 Å². The first-order valence-electron chi connectivity index (χ1n) is 17.6. The van der Waals surface area contributed by atoms with E-state index in [0.29, 0.717) is 39.1 Å². The number of anilines is 1. The molecule has 2 aromatic rings. The van der Waals surface area contributed by atoms with Gasteiger partial charge in [-0.1, -0.05) is 5.16 Å². The molecule has 1 spiro atoms. The van der Waals surface area contributed by atoms with E-state index in [-0.39, 0.29) is 58.6 Å². The molecular formula is C34H40F4N6O7. The lowest BCUT2D eigenvalue weighted by Crippen LogP contribution is -2.59. The highest BCUT2D eigenvalue weighted by atomic mass is 19.4. The fourth-order valence-electron chi connectivity index (χ4n) is 8.24. The molecule has 2 aliphatic carbocycles. The lowest BCUT2D eigenvalue weighted by molar-refractivity contribution is -0.238. The molecule has 2 saturated carbocycles. The number of hydrogen-bond acceptors (Lipinski definition) is 10. The van der Waals surface area contributed by atoms with Crippen molar-refractivity contribution in [3.05, 3.63) is 34.9 Å². The smallest absolute Gasteiger partial charge is 0.416 e. The fourth-order valence-corrected chi connectivity index (χ4v) is 8.24. The number of carbonyl (C=O) groups excluding carboxylic acids is 3. The zero-order valence-electron chi connectivity index (χ0n) is 28.0. The van der Waals surface area contributed by atoms with Gasteiger partial charge in [-0.25, -0.2) is 9.02 Å². The number of amides is 3. The number of piperidine rings is 1. The number of morpholine rings is 1. The number of nitrogens with one attached hydrogen (secondary N) is 2. The lowest BCUT2D eigenvalue weighted by atomic mass is 9.79. The maximum absolute atomic E-state index is 16.1. The van der Waals surface area contributed by atoms with Crippen LogP contribution in [-0.2, 0) is 19.1 Å². The van der Waals surface area contributed by atoms with Crippen LogP contribution in [0, 0.1) is 30.5 Å². The molecule has 6 aliphatic rings. The van der Waals surface area contributed by atoms with E-state index in [1.54, 1.807) is 6.92 Å². The Morgan fingerprint density at radius 1 is 1.06 bits per heavy atom. The minimum absolute atomic E-state index is 0.0517. The van der Waals surface area contributed by atoms with Crippen LogP contribution in [0.4, 0.5) is 23.2 Å². The van der Waals surface area contributed by atoms with Gasteiger partial charge >= 0.3 is 6.18 Å². The average molecular weight is 721 g/mol. The van der Waals surface area contributed by atoms with Crippen molar-refractivity contribution in [2.75, 3.05) is 44.8 Å². The third-order valence-corrected chi connectivity index (χ3v) is 11.4. The molecule has 0 bridgehead atoms. The molecule has 3 amide bonds. The number of carbonyl (C=O) groups is 3. The SMILES string of the molecule is Cc1nonc1C(=O)N[C@H](C(=O)Nc1cc2c(cc1F)C(N1CC(C(F)(F)F)OCC1=O)CC1(CCN(C3COC3)CC1)O2)C(C1CC1)C1CC1. The third kappa shape index (κ3) is 6.79. The molecular weight excluding hydrogens is 680 g/mol. The summed E-state index contributed by atoms with van der Waals surface area (Å²) in [5.41, 5.74) is -0.634. The van der Waals surface area contributed by atoms with E-state index in [0.717, 1.165) is 36.6 Å². The van der Waals surface area contributed by atoms with Gasteiger partial charge < -0.3 is 29.7 Å². The van der Waals surface area contributed by atoms with Gasteiger partial charge in [0.05, 0.1) is 37.5 Å². The first kappa shape index (κ1) is 34.3. The molecule has 2 N–H and O–H groups in total. The second-order valence-electron chi connectivity index (χ2n) is 14.9. The van der Waals surface area contributed by atoms with E-state index in [4.69, 9.17) is 14.2 Å². The normalized spacial score (nSPS) is 26.0. The van der Waals surface area contributed by atoms with Crippen LogP contribution >= 0.6 is 0 Å². The largest absolute Gasteiger partial charge is 0.487 e. The van der Waals surface area contributed by atoms with Crippen molar-refractivity contribution in [1.29, 1.82) is 0 Å². The Kier molecular flexibility index (Phi) is 8.73. The van der Waals surface area contributed by atoms with Crippen molar-refractivity contribution in [2.45, 2.75) is 87.9 Å². The molecule has 3 atom stereocenters. The monoisotopic (exact) mass is 720 g/mol. The molecule has 1 aromatic carbocycles. The number of halogens is 4. The van der Waals surface area contributed by atoms with E-state index in [1.165, 1.54) is 6.07 Å². The molecule has 3 saturated heterocycles. The van der Waals surface area contributed by atoms with Gasteiger partial charge in [-0.2, -0.15) is 13.2 Å². The summed E-state index contributed by atoms with van der Waals surface area (Å²) in [4.78, 5) is 43.9. The second kappa shape index (κ2) is 13.0. The van der Waals surface area contributed by atoms with Crippen LogP contribution in [0.3, 0.4) is 0 Å². The number of fused-ring (bicyclic) bond motifs is 1. The topological polar surface area (TPSA) is 148 Å². The minimum Gasteiger partial charge on any atom is -0.487 e. The summed E-state index contributed by atoms with van der Waals surface area (Å²) in [6.07, 6.45) is -2.01. The van der Waals surface area contributed by atoms with E-state index < -0.39 is 66.7 Å². The molecule has 8 rings (SSSR count). The Balaban J connectivity index is 1.10. The Bertz CT molecular complexity index is 1670. The van der Waals surface area contributed by atoms with Crippen LogP contribution in [0.5, 0.6) is 5.75 Å². The van der Waals surface area contributed by atoms with Crippen LogP contribution in [0.15, 0.2) is 16.8 Å². The quantitative estimate of drug-likeness (QED) is 0.369. The molecule has 1 aromatic heterocycles. The number of alkyl halides is 3. The standard InChI is InChI=1S/C34H40F4N6O7/c1-17-29(42-51-41-17)31(46)40-30(28(18-2-3-18)19-4-5-19)32(47)39-23-11-25-21(10-22(23)35)24(44-13-26(34(36,37)38)49-16-27(44)45)12-33(50-25)6-8-43(9-7-33)20-14-48-15-20/h10-11,18-20,24,26,28,30H,2-9,12-16H2,1H3,(H,39,47)(H,40,46)/t24?,26?,30-/m0/s1. The van der Waals surface area contributed by atoms with Gasteiger partial charge in [-0.3, -0.25) is 19.3 Å². The van der Waals surface area contributed by atoms with Crippen molar-refractivity contribution in [3.8, 4) is 5.75 Å².